The maximum atomic E-state index is 15.1. The number of benzene rings is 4. The number of carbonyl (C=O) groups excluding carboxylic acids is 4. The minimum atomic E-state index is -3.21. The summed E-state index contributed by atoms with van der Waals surface area (Å²) in [5.41, 5.74) is 0.359. The standard InChI is InChI=1S/C47H57N2O7PSi/c1-11-31-54-44(52)43(57(36-21-15-12-16-22-36,37-23-17-13-18-24-37)38-25-19-14-20-26-38)49-39(41(42(49)51)33(2)56-58(9,10)47(6,7)8)32-40(50)34-27-29-35(30-28-34)48-45(53)55-46(3,4)5/h11-30,33,39,41H,1,31-32H2,2-10H3,(H,48,53)/t33?,39-,41-/m1/s1. The number of nitrogens with zero attached hydrogens (tertiary/aromatic N) is 1. The maximum absolute atomic E-state index is 15.1. The van der Waals surface area contributed by atoms with Crippen LogP contribution in [0.5, 0.6) is 0 Å². The lowest BCUT2D eigenvalue weighted by Gasteiger charge is -2.53. The van der Waals surface area contributed by atoms with Crippen molar-refractivity contribution in [1.82, 2.24) is 4.90 Å². The van der Waals surface area contributed by atoms with Gasteiger partial charge in [-0.05, 0) is 86.0 Å². The average Bonchev–Trinajstić information content (AvgIpc) is 3.16. The van der Waals surface area contributed by atoms with Gasteiger partial charge in [0.1, 0.15) is 17.6 Å². The number of Topliss-reactive ketones (excluding diaryl/α,β-unsaturated/α-hetero) is 1. The summed E-state index contributed by atoms with van der Waals surface area (Å²) >= 11 is 0. The van der Waals surface area contributed by atoms with E-state index in [4.69, 9.17) is 13.9 Å². The molecule has 1 unspecified atom stereocenters. The molecule has 1 heterocycles. The zero-order chi connectivity index (χ0) is 42.5. The quantitative estimate of drug-likeness (QED) is 0.0339. The molecule has 9 nitrogen and oxygen atoms in total. The number of carbonyl (C=O) groups is 4. The number of rotatable bonds is 14. The fraction of sp³-hybridized carbons (Fsp3) is 0.340. The van der Waals surface area contributed by atoms with E-state index in [1.807, 2.05) is 97.9 Å². The fourth-order valence-corrected chi connectivity index (χ4v) is 12.9. The van der Waals surface area contributed by atoms with Gasteiger partial charge in [-0.3, -0.25) is 14.9 Å². The van der Waals surface area contributed by atoms with Crippen LogP contribution in [0.3, 0.4) is 0 Å². The second-order valence-corrected chi connectivity index (χ2v) is 25.2. The molecule has 58 heavy (non-hydrogen) atoms. The lowest BCUT2D eigenvalue weighted by molar-refractivity contribution is -0.156. The number of amides is 2. The summed E-state index contributed by atoms with van der Waals surface area (Å²) in [5.74, 6) is -1.95. The molecule has 1 aliphatic heterocycles. The van der Waals surface area contributed by atoms with Gasteiger partial charge < -0.3 is 18.8 Å². The molecule has 5 rings (SSSR count). The average molecular weight is 821 g/mol. The van der Waals surface area contributed by atoms with E-state index >= 15 is 4.79 Å². The highest BCUT2D eigenvalue weighted by Gasteiger charge is 2.57. The molecular formula is C47H57N2O7PSi. The van der Waals surface area contributed by atoms with Gasteiger partial charge in [-0.1, -0.05) is 124 Å². The van der Waals surface area contributed by atoms with Crippen molar-refractivity contribution in [3.8, 4) is 0 Å². The molecule has 4 aromatic rings. The predicted molar refractivity (Wildman–Crippen MR) is 238 cm³/mol. The van der Waals surface area contributed by atoms with Crippen LogP contribution in [-0.4, -0.2) is 66.7 Å². The molecule has 306 valence electrons. The van der Waals surface area contributed by atoms with E-state index in [-0.39, 0.29) is 35.2 Å². The van der Waals surface area contributed by atoms with Crippen LogP contribution in [0, 0.1) is 5.92 Å². The molecule has 2 amide bonds. The molecule has 0 saturated carbocycles. The van der Waals surface area contributed by atoms with Crippen LogP contribution in [-0.2, 0) is 23.5 Å². The van der Waals surface area contributed by atoms with Gasteiger partial charge in [-0.2, -0.15) is 0 Å². The number of anilines is 1. The van der Waals surface area contributed by atoms with Crippen molar-refractivity contribution in [2.45, 2.75) is 90.8 Å². The molecule has 1 fully saturated rings. The first kappa shape index (κ1) is 44.1. The zero-order valence-electron chi connectivity index (χ0n) is 35.2. The summed E-state index contributed by atoms with van der Waals surface area (Å²) in [6.45, 7) is 18.4. The van der Waals surface area contributed by atoms with Crippen LogP contribution >= 0.6 is 6.89 Å². The van der Waals surface area contributed by atoms with Crippen molar-refractivity contribution in [3.05, 3.63) is 133 Å². The first-order valence-electron chi connectivity index (χ1n) is 19.7. The molecule has 4 aromatic carbocycles. The molecule has 0 spiro atoms. The van der Waals surface area contributed by atoms with Gasteiger partial charge in [0.2, 0.25) is 5.91 Å². The van der Waals surface area contributed by atoms with Crippen molar-refractivity contribution in [1.29, 1.82) is 0 Å². The highest BCUT2D eigenvalue weighted by molar-refractivity contribution is 7.96. The maximum Gasteiger partial charge on any atom is 0.412 e. The van der Waals surface area contributed by atoms with Gasteiger partial charge in [0.05, 0.1) is 18.1 Å². The topological polar surface area (TPSA) is 111 Å². The Bertz CT molecular complexity index is 2060. The first-order valence-corrected chi connectivity index (χ1v) is 24.4. The van der Waals surface area contributed by atoms with Crippen LogP contribution in [0.25, 0.3) is 0 Å². The summed E-state index contributed by atoms with van der Waals surface area (Å²) in [5, 5.41) is 5.10. The van der Waals surface area contributed by atoms with Crippen molar-refractivity contribution in [3.63, 3.8) is 0 Å². The van der Waals surface area contributed by atoms with Crippen molar-refractivity contribution in [2.75, 3.05) is 11.9 Å². The Kier molecular flexibility index (Phi) is 13.6. The smallest absolute Gasteiger partial charge is 0.412 e. The third-order valence-corrected chi connectivity index (χ3v) is 19.6. The van der Waals surface area contributed by atoms with E-state index < -0.39 is 50.9 Å². The number of hydrogen-bond acceptors (Lipinski definition) is 7. The van der Waals surface area contributed by atoms with E-state index in [1.54, 1.807) is 49.9 Å². The monoisotopic (exact) mass is 820 g/mol. The molecule has 0 bridgehead atoms. The SMILES string of the molecule is C=CCOC(=O)C(N1C(=O)[C@H](C(C)O[Si](C)(C)C(C)(C)C)[C@H]1CC(=O)c1ccc(NC(=O)OC(C)(C)C)cc1)=P(c1ccccc1)(c1ccccc1)c1ccccc1. The van der Waals surface area contributed by atoms with Crippen LogP contribution in [0.15, 0.2) is 128 Å². The molecule has 1 saturated heterocycles. The third kappa shape index (κ3) is 9.47. The minimum absolute atomic E-state index is 0.0790. The lowest BCUT2D eigenvalue weighted by atomic mass is 9.79. The Morgan fingerprint density at radius 3 is 1.72 bits per heavy atom. The second-order valence-electron chi connectivity index (χ2n) is 17.1. The summed E-state index contributed by atoms with van der Waals surface area (Å²) in [6.07, 6.45) is 0.228. The van der Waals surface area contributed by atoms with Crippen LogP contribution < -0.4 is 21.2 Å². The fourth-order valence-electron chi connectivity index (χ4n) is 7.11. The summed E-state index contributed by atoms with van der Waals surface area (Å²) < 4.78 is 18.2. The number of ether oxygens (including phenoxy) is 2. The van der Waals surface area contributed by atoms with Crippen LogP contribution in [0.1, 0.15) is 65.2 Å². The Morgan fingerprint density at radius 2 is 1.29 bits per heavy atom. The second kappa shape index (κ2) is 17.9. The Morgan fingerprint density at radius 1 is 0.810 bits per heavy atom. The number of ketones is 1. The number of hydrogen-bond donors (Lipinski definition) is 1. The normalized spacial score (nSPS) is 16.4. The van der Waals surface area contributed by atoms with E-state index in [0.717, 1.165) is 15.9 Å². The van der Waals surface area contributed by atoms with E-state index in [9.17, 15) is 14.4 Å². The predicted octanol–water partition coefficient (Wildman–Crippen LogP) is 8.70. The van der Waals surface area contributed by atoms with Crippen LogP contribution in [0.4, 0.5) is 10.5 Å². The Hall–Kier alpha value is -5.02. The Labute approximate surface area is 344 Å². The number of β-lactam (4-membered cyclic amide) rings is 1. The van der Waals surface area contributed by atoms with Crippen molar-refractivity contribution < 1.29 is 33.1 Å². The van der Waals surface area contributed by atoms with Gasteiger partial charge in [-0.15, -0.1) is 0 Å². The van der Waals surface area contributed by atoms with Gasteiger partial charge in [0.15, 0.2) is 14.1 Å². The molecule has 0 aliphatic carbocycles. The van der Waals surface area contributed by atoms with Crippen molar-refractivity contribution in [2.24, 2.45) is 5.92 Å². The molecule has 11 heteroatoms. The van der Waals surface area contributed by atoms with E-state index in [2.05, 4.69) is 45.8 Å². The highest BCUT2D eigenvalue weighted by atomic mass is 31.2. The van der Waals surface area contributed by atoms with Gasteiger partial charge in [0, 0.05) is 24.6 Å². The molecular weight excluding hydrogens is 764 g/mol. The molecule has 0 aromatic heterocycles. The Balaban J connectivity index is 1.73. The van der Waals surface area contributed by atoms with E-state index in [1.165, 1.54) is 6.08 Å². The molecule has 1 aliphatic rings. The minimum Gasteiger partial charge on any atom is -0.457 e. The largest absolute Gasteiger partial charge is 0.457 e. The first-order chi connectivity index (χ1) is 27.3. The summed E-state index contributed by atoms with van der Waals surface area (Å²) in [4.78, 5) is 58.6. The highest BCUT2D eigenvalue weighted by Crippen LogP contribution is 2.51. The molecule has 1 N–H and O–H groups in total. The lowest BCUT2D eigenvalue weighted by Crippen LogP contribution is -2.69. The molecule has 3 atom stereocenters. The number of esters is 1. The van der Waals surface area contributed by atoms with E-state index in [0.29, 0.717) is 11.3 Å². The van der Waals surface area contributed by atoms with Gasteiger partial charge >= 0.3 is 12.1 Å². The molecule has 0 radical (unpaired) electrons. The summed E-state index contributed by atoms with van der Waals surface area (Å²) in [7, 11) is -2.40. The van der Waals surface area contributed by atoms with Crippen LogP contribution in [0.2, 0.25) is 18.1 Å². The third-order valence-electron chi connectivity index (χ3n) is 10.8. The summed E-state index contributed by atoms with van der Waals surface area (Å²) in [6, 6.07) is 35.1. The number of likely N-dealkylation sites (tertiary alicyclic amines) is 1. The van der Waals surface area contributed by atoms with Gasteiger partial charge in [0.25, 0.3) is 0 Å². The van der Waals surface area contributed by atoms with Gasteiger partial charge in [-0.25, -0.2) is 9.59 Å². The zero-order valence-corrected chi connectivity index (χ0v) is 37.0. The van der Waals surface area contributed by atoms with Crippen molar-refractivity contribution >= 4 is 66.0 Å². The number of nitrogens with one attached hydrogen (secondary N) is 1.